The van der Waals surface area contributed by atoms with Crippen molar-refractivity contribution in [1.82, 2.24) is 4.90 Å². The smallest absolute Gasteiger partial charge is 0.261 e. The molecular formula is C12H12N2O3. The first-order valence-corrected chi connectivity index (χ1v) is 5.53. The van der Waals surface area contributed by atoms with Crippen LogP contribution in [0.25, 0.3) is 0 Å². The predicted octanol–water partition coefficient (Wildman–Crippen LogP) is 0.654. The molecule has 1 saturated heterocycles. The number of anilines is 1. The van der Waals surface area contributed by atoms with Crippen LogP contribution in [0, 0.1) is 0 Å². The second-order valence-electron chi connectivity index (χ2n) is 4.30. The van der Waals surface area contributed by atoms with Gasteiger partial charge in [-0.2, -0.15) is 0 Å². The van der Waals surface area contributed by atoms with Crippen molar-refractivity contribution < 1.29 is 14.3 Å². The molecule has 0 bridgehead atoms. The molecule has 1 unspecified atom stereocenters. The van der Waals surface area contributed by atoms with Crippen molar-refractivity contribution in [2.75, 3.05) is 18.9 Å². The molecule has 0 spiro atoms. The van der Waals surface area contributed by atoms with Crippen LogP contribution >= 0.6 is 0 Å². The first-order valence-electron chi connectivity index (χ1n) is 5.53. The van der Waals surface area contributed by atoms with E-state index in [9.17, 15) is 9.59 Å². The van der Waals surface area contributed by atoms with Gasteiger partial charge in [-0.05, 0) is 24.6 Å². The van der Waals surface area contributed by atoms with E-state index in [1.807, 2.05) is 0 Å². The molecular weight excluding hydrogens is 220 g/mol. The zero-order valence-electron chi connectivity index (χ0n) is 9.18. The molecule has 0 radical (unpaired) electrons. The van der Waals surface area contributed by atoms with E-state index in [0.29, 0.717) is 36.4 Å². The molecule has 2 heterocycles. The third-order valence-corrected chi connectivity index (χ3v) is 3.21. The third kappa shape index (κ3) is 1.43. The standard InChI is InChI=1S/C12H12N2O3/c13-7-1-2-9-10(5-7)12(16)14(11(9)15)8-3-4-17-6-8/h1-2,5,8H,3-4,6,13H2. The molecule has 88 valence electrons. The van der Waals surface area contributed by atoms with Crippen LogP contribution in [0.1, 0.15) is 27.1 Å². The molecule has 5 nitrogen and oxygen atoms in total. The quantitative estimate of drug-likeness (QED) is 0.570. The molecule has 2 amide bonds. The number of hydrogen-bond acceptors (Lipinski definition) is 4. The molecule has 5 heteroatoms. The van der Waals surface area contributed by atoms with Crippen molar-refractivity contribution >= 4 is 17.5 Å². The zero-order chi connectivity index (χ0) is 12.0. The second-order valence-corrected chi connectivity index (χ2v) is 4.30. The molecule has 17 heavy (non-hydrogen) atoms. The highest BCUT2D eigenvalue weighted by atomic mass is 16.5. The van der Waals surface area contributed by atoms with Crippen molar-refractivity contribution in [3.8, 4) is 0 Å². The Bertz CT molecular complexity index is 506. The van der Waals surface area contributed by atoms with Crippen LogP contribution in [-0.2, 0) is 4.74 Å². The average Bonchev–Trinajstić information content (AvgIpc) is 2.88. The van der Waals surface area contributed by atoms with Gasteiger partial charge >= 0.3 is 0 Å². The number of nitrogens with two attached hydrogens (primary N) is 1. The average molecular weight is 232 g/mol. The van der Waals surface area contributed by atoms with Gasteiger partial charge < -0.3 is 10.5 Å². The minimum atomic E-state index is -0.257. The number of amides is 2. The fourth-order valence-electron chi connectivity index (χ4n) is 2.33. The summed E-state index contributed by atoms with van der Waals surface area (Å²) in [4.78, 5) is 25.6. The van der Waals surface area contributed by atoms with Crippen LogP contribution in [0.2, 0.25) is 0 Å². The first kappa shape index (κ1) is 10.3. The van der Waals surface area contributed by atoms with E-state index in [1.165, 1.54) is 4.90 Å². The highest BCUT2D eigenvalue weighted by Crippen LogP contribution is 2.28. The fourth-order valence-corrected chi connectivity index (χ4v) is 2.33. The van der Waals surface area contributed by atoms with Crippen LogP contribution in [-0.4, -0.2) is 36.0 Å². The number of fused-ring (bicyclic) bond motifs is 1. The summed E-state index contributed by atoms with van der Waals surface area (Å²) in [6.45, 7) is 1.03. The van der Waals surface area contributed by atoms with Gasteiger partial charge in [0, 0.05) is 12.3 Å². The Morgan fingerprint density at radius 3 is 2.71 bits per heavy atom. The van der Waals surface area contributed by atoms with E-state index in [1.54, 1.807) is 18.2 Å². The van der Waals surface area contributed by atoms with Gasteiger partial charge in [0.1, 0.15) is 0 Å². The number of carbonyl (C=O) groups excluding carboxylic acids is 2. The summed E-state index contributed by atoms with van der Waals surface area (Å²) < 4.78 is 5.22. The number of hydrogen-bond donors (Lipinski definition) is 1. The summed E-state index contributed by atoms with van der Waals surface area (Å²) in [7, 11) is 0. The number of rotatable bonds is 1. The van der Waals surface area contributed by atoms with Gasteiger partial charge in [0.25, 0.3) is 11.8 Å². The van der Waals surface area contributed by atoms with E-state index in [4.69, 9.17) is 10.5 Å². The maximum Gasteiger partial charge on any atom is 0.261 e. The monoisotopic (exact) mass is 232 g/mol. The van der Waals surface area contributed by atoms with Gasteiger partial charge in [0.05, 0.1) is 23.8 Å². The minimum absolute atomic E-state index is 0.136. The SMILES string of the molecule is Nc1ccc2c(c1)C(=O)N(C1CCOC1)C2=O. The highest BCUT2D eigenvalue weighted by Gasteiger charge is 2.41. The van der Waals surface area contributed by atoms with Crippen molar-refractivity contribution in [1.29, 1.82) is 0 Å². The lowest BCUT2D eigenvalue weighted by molar-refractivity contribution is 0.0566. The Morgan fingerprint density at radius 2 is 2.00 bits per heavy atom. The lowest BCUT2D eigenvalue weighted by atomic mass is 10.1. The number of carbonyl (C=O) groups is 2. The van der Waals surface area contributed by atoms with Crippen LogP contribution in [0.5, 0.6) is 0 Å². The summed E-state index contributed by atoms with van der Waals surface area (Å²) in [6.07, 6.45) is 0.709. The second kappa shape index (κ2) is 3.56. The van der Waals surface area contributed by atoms with Gasteiger partial charge in [-0.1, -0.05) is 0 Å². The Hall–Kier alpha value is -1.88. The van der Waals surface area contributed by atoms with Gasteiger partial charge in [-0.25, -0.2) is 0 Å². The largest absolute Gasteiger partial charge is 0.399 e. The van der Waals surface area contributed by atoms with Gasteiger partial charge in [-0.3, -0.25) is 14.5 Å². The third-order valence-electron chi connectivity index (χ3n) is 3.21. The van der Waals surface area contributed by atoms with Gasteiger partial charge in [0.2, 0.25) is 0 Å². The highest BCUT2D eigenvalue weighted by molar-refractivity contribution is 6.21. The summed E-state index contributed by atoms with van der Waals surface area (Å²) in [5, 5.41) is 0. The lowest BCUT2D eigenvalue weighted by Crippen LogP contribution is -2.40. The summed E-state index contributed by atoms with van der Waals surface area (Å²) in [5.41, 5.74) is 6.97. The van der Waals surface area contributed by atoms with E-state index in [0.717, 1.165) is 0 Å². The molecule has 1 aromatic carbocycles. The molecule has 1 fully saturated rings. The fraction of sp³-hybridized carbons (Fsp3) is 0.333. The molecule has 0 aromatic heterocycles. The predicted molar refractivity (Wildman–Crippen MR) is 60.6 cm³/mol. The molecule has 2 aliphatic heterocycles. The minimum Gasteiger partial charge on any atom is -0.399 e. The molecule has 0 saturated carbocycles. The summed E-state index contributed by atoms with van der Waals surface area (Å²) in [6, 6.07) is 4.67. The summed E-state index contributed by atoms with van der Waals surface area (Å²) in [5.74, 6) is -0.492. The van der Waals surface area contributed by atoms with Crippen LogP contribution in [0.15, 0.2) is 18.2 Å². The number of nitrogen functional groups attached to an aromatic ring is 1. The Balaban J connectivity index is 2.02. The van der Waals surface area contributed by atoms with Crippen molar-refractivity contribution in [2.45, 2.75) is 12.5 Å². The maximum absolute atomic E-state index is 12.1. The lowest BCUT2D eigenvalue weighted by Gasteiger charge is -2.19. The van der Waals surface area contributed by atoms with E-state index < -0.39 is 0 Å². The Labute approximate surface area is 98.1 Å². The number of nitrogens with zero attached hydrogens (tertiary/aromatic N) is 1. The van der Waals surface area contributed by atoms with Crippen LogP contribution in [0.3, 0.4) is 0 Å². The molecule has 1 atom stereocenters. The molecule has 3 rings (SSSR count). The Kier molecular flexibility index (Phi) is 2.16. The molecule has 2 aliphatic rings. The van der Waals surface area contributed by atoms with Crippen molar-refractivity contribution in [3.63, 3.8) is 0 Å². The number of benzene rings is 1. The normalized spacial score (nSPS) is 23.3. The molecule has 0 aliphatic carbocycles. The first-order chi connectivity index (χ1) is 8.18. The zero-order valence-corrected chi connectivity index (χ0v) is 9.18. The number of ether oxygens (including phenoxy) is 1. The van der Waals surface area contributed by atoms with E-state index in [2.05, 4.69) is 0 Å². The van der Waals surface area contributed by atoms with Gasteiger partial charge in [-0.15, -0.1) is 0 Å². The maximum atomic E-state index is 12.1. The summed E-state index contributed by atoms with van der Waals surface area (Å²) >= 11 is 0. The Morgan fingerprint density at radius 1 is 1.24 bits per heavy atom. The topological polar surface area (TPSA) is 72.6 Å². The number of imide groups is 1. The van der Waals surface area contributed by atoms with Crippen LogP contribution < -0.4 is 5.73 Å². The van der Waals surface area contributed by atoms with Gasteiger partial charge in [0.15, 0.2) is 0 Å². The van der Waals surface area contributed by atoms with E-state index >= 15 is 0 Å². The van der Waals surface area contributed by atoms with Crippen molar-refractivity contribution in [2.24, 2.45) is 0 Å². The van der Waals surface area contributed by atoms with Crippen LogP contribution in [0.4, 0.5) is 5.69 Å². The van der Waals surface area contributed by atoms with E-state index in [-0.39, 0.29) is 17.9 Å². The molecule has 1 aromatic rings. The van der Waals surface area contributed by atoms with Crippen molar-refractivity contribution in [3.05, 3.63) is 29.3 Å². The molecule has 2 N–H and O–H groups in total.